The van der Waals surface area contributed by atoms with Crippen LogP contribution in [0.25, 0.3) is 0 Å². The highest BCUT2D eigenvalue weighted by molar-refractivity contribution is 7.09. The average Bonchev–Trinajstić information content (AvgIpc) is 3.36. The monoisotopic (exact) mass is 402 g/mol. The Kier molecular flexibility index (Phi) is 6.83. The first-order valence-electron chi connectivity index (χ1n) is 9.76. The summed E-state index contributed by atoms with van der Waals surface area (Å²) in [5.74, 6) is -0.0326. The first-order valence-corrected chi connectivity index (χ1v) is 10.6. The summed E-state index contributed by atoms with van der Waals surface area (Å²) in [5.41, 5.74) is 0.873. The predicted molar refractivity (Wildman–Crippen MR) is 109 cm³/mol. The van der Waals surface area contributed by atoms with E-state index in [1.165, 1.54) is 12.1 Å². The Morgan fingerprint density at radius 1 is 1.11 bits per heavy atom. The van der Waals surface area contributed by atoms with Crippen LogP contribution < -0.4 is 0 Å². The van der Waals surface area contributed by atoms with Gasteiger partial charge in [-0.1, -0.05) is 32.0 Å². The third-order valence-corrected chi connectivity index (χ3v) is 5.62. The molecular weight excluding hydrogens is 375 g/mol. The fourth-order valence-electron chi connectivity index (χ4n) is 3.15. The SMILES string of the molecule is CC(C)CC(=O)N(CC(=O)N(Cc1ccc(F)cc1)Cc1cccs1)C1CC1. The number of carbonyl (C=O) groups excluding carboxylic acids is 2. The van der Waals surface area contributed by atoms with Gasteiger partial charge in [0.15, 0.2) is 0 Å². The lowest BCUT2D eigenvalue weighted by Crippen LogP contribution is -2.43. The van der Waals surface area contributed by atoms with Gasteiger partial charge in [-0.25, -0.2) is 4.39 Å². The van der Waals surface area contributed by atoms with E-state index in [2.05, 4.69) is 0 Å². The number of benzene rings is 1. The van der Waals surface area contributed by atoms with Gasteiger partial charge in [-0.2, -0.15) is 0 Å². The molecule has 0 aliphatic heterocycles. The third kappa shape index (κ3) is 5.89. The molecule has 2 aromatic rings. The molecule has 1 heterocycles. The molecule has 28 heavy (non-hydrogen) atoms. The molecule has 0 spiro atoms. The Balaban J connectivity index is 1.72. The molecular formula is C22H27FN2O2S. The van der Waals surface area contributed by atoms with Crippen LogP contribution in [0.3, 0.4) is 0 Å². The van der Waals surface area contributed by atoms with Crippen LogP contribution in [-0.2, 0) is 22.7 Å². The summed E-state index contributed by atoms with van der Waals surface area (Å²) in [6.07, 6.45) is 2.41. The zero-order valence-electron chi connectivity index (χ0n) is 16.4. The van der Waals surface area contributed by atoms with Crippen LogP contribution in [0.5, 0.6) is 0 Å². The maximum atomic E-state index is 13.2. The molecule has 0 bridgehead atoms. The number of amides is 2. The second kappa shape index (κ2) is 9.32. The Morgan fingerprint density at radius 3 is 2.39 bits per heavy atom. The van der Waals surface area contributed by atoms with Crippen LogP contribution in [0.2, 0.25) is 0 Å². The second-order valence-electron chi connectivity index (χ2n) is 7.81. The molecule has 0 N–H and O–H groups in total. The van der Waals surface area contributed by atoms with Crippen molar-refractivity contribution in [2.75, 3.05) is 6.54 Å². The lowest BCUT2D eigenvalue weighted by atomic mass is 10.1. The highest BCUT2D eigenvalue weighted by Crippen LogP contribution is 2.28. The van der Waals surface area contributed by atoms with Gasteiger partial charge < -0.3 is 9.80 Å². The largest absolute Gasteiger partial charge is 0.332 e. The van der Waals surface area contributed by atoms with Crippen molar-refractivity contribution < 1.29 is 14.0 Å². The van der Waals surface area contributed by atoms with E-state index in [1.807, 2.05) is 31.4 Å². The van der Waals surface area contributed by atoms with E-state index in [0.717, 1.165) is 23.3 Å². The first kappa shape index (κ1) is 20.5. The summed E-state index contributed by atoms with van der Waals surface area (Å²) >= 11 is 1.60. The molecule has 1 aromatic carbocycles. The number of nitrogens with zero attached hydrogens (tertiary/aromatic N) is 2. The molecule has 6 heteroatoms. The van der Waals surface area contributed by atoms with Gasteiger partial charge in [-0.15, -0.1) is 11.3 Å². The van der Waals surface area contributed by atoms with Crippen LogP contribution in [0.1, 0.15) is 43.6 Å². The van der Waals surface area contributed by atoms with Crippen molar-refractivity contribution in [1.29, 1.82) is 0 Å². The van der Waals surface area contributed by atoms with E-state index in [1.54, 1.807) is 33.3 Å². The number of thiophene rings is 1. The maximum absolute atomic E-state index is 13.2. The summed E-state index contributed by atoms with van der Waals surface area (Å²) in [6.45, 7) is 5.03. The van der Waals surface area contributed by atoms with Gasteiger partial charge in [0.1, 0.15) is 12.4 Å². The fraction of sp³-hybridized carbons (Fsp3) is 0.455. The molecule has 0 saturated heterocycles. The van der Waals surface area contributed by atoms with Gasteiger partial charge in [0.2, 0.25) is 11.8 Å². The van der Waals surface area contributed by atoms with Crippen LogP contribution in [0.15, 0.2) is 41.8 Å². The number of hydrogen-bond donors (Lipinski definition) is 0. The summed E-state index contributed by atoms with van der Waals surface area (Å²) in [5, 5.41) is 1.98. The van der Waals surface area contributed by atoms with E-state index in [-0.39, 0.29) is 36.1 Å². The second-order valence-corrected chi connectivity index (χ2v) is 8.84. The first-order chi connectivity index (χ1) is 13.4. The van der Waals surface area contributed by atoms with E-state index >= 15 is 0 Å². The standard InChI is InChI=1S/C22H27FN2O2S/c1-16(2)12-21(26)25(19-9-10-19)15-22(27)24(14-20-4-3-11-28-20)13-17-5-7-18(23)8-6-17/h3-8,11,16,19H,9-10,12-15H2,1-2H3. The summed E-state index contributed by atoms with van der Waals surface area (Å²) in [6, 6.07) is 10.4. The van der Waals surface area contributed by atoms with Crippen molar-refractivity contribution in [3.63, 3.8) is 0 Å². The van der Waals surface area contributed by atoms with E-state index in [4.69, 9.17) is 0 Å². The molecule has 0 radical (unpaired) electrons. The number of hydrogen-bond acceptors (Lipinski definition) is 3. The maximum Gasteiger partial charge on any atom is 0.242 e. The number of carbonyl (C=O) groups is 2. The van der Waals surface area contributed by atoms with Crippen LogP contribution in [-0.4, -0.2) is 34.2 Å². The van der Waals surface area contributed by atoms with Crippen molar-refractivity contribution in [1.82, 2.24) is 9.80 Å². The van der Waals surface area contributed by atoms with Crippen molar-refractivity contribution >= 4 is 23.2 Å². The minimum absolute atomic E-state index is 0.0590. The molecule has 1 saturated carbocycles. The van der Waals surface area contributed by atoms with Gasteiger partial charge in [0.05, 0.1) is 6.54 Å². The molecule has 150 valence electrons. The van der Waals surface area contributed by atoms with E-state index in [0.29, 0.717) is 19.5 Å². The summed E-state index contributed by atoms with van der Waals surface area (Å²) in [7, 11) is 0. The van der Waals surface area contributed by atoms with Crippen LogP contribution >= 0.6 is 11.3 Å². The van der Waals surface area contributed by atoms with Crippen molar-refractivity contribution in [3.05, 3.63) is 58.0 Å². The van der Waals surface area contributed by atoms with Gasteiger partial charge >= 0.3 is 0 Å². The quantitative estimate of drug-likeness (QED) is 0.622. The average molecular weight is 403 g/mol. The topological polar surface area (TPSA) is 40.6 Å². The Hall–Kier alpha value is -2.21. The van der Waals surface area contributed by atoms with Crippen LogP contribution in [0.4, 0.5) is 4.39 Å². The highest BCUT2D eigenvalue weighted by atomic mass is 32.1. The Bertz CT molecular complexity index is 785. The highest BCUT2D eigenvalue weighted by Gasteiger charge is 2.34. The number of halogens is 1. The Morgan fingerprint density at radius 2 is 1.82 bits per heavy atom. The fourth-order valence-corrected chi connectivity index (χ4v) is 3.87. The number of rotatable bonds is 9. The summed E-state index contributed by atoms with van der Waals surface area (Å²) < 4.78 is 13.2. The molecule has 1 aliphatic carbocycles. The molecule has 1 fully saturated rings. The molecule has 2 amide bonds. The van der Waals surface area contributed by atoms with Gasteiger partial charge in [-0.05, 0) is 47.9 Å². The normalized spacial score (nSPS) is 13.6. The molecule has 1 aromatic heterocycles. The lowest BCUT2D eigenvalue weighted by Gasteiger charge is -2.28. The lowest BCUT2D eigenvalue weighted by molar-refractivity contribution is -0.142. The molecule has 3 rings (SSSR count). The molecule has 0 atom stereocenters. The minimum Gasteiger partial charge on any atom is -0.332 e. The van der Waals surface area contributed by atoms with E-state index in [9.17, 15) is 14.0 Å². The Labute approximate surface area is 170 Å². The van der Waals surface area contributed by atoms with Crippen LogP contribution in [0, 0.1) is 11.7 Å². The summed E-state index contributed by atoms with van der Waals surface area (Å²) in [4.78, 5) is 30.4. The van der Waals surface area contributed by atoms with Gasteiger partial charge in [0.25, 0.3) is 0 Å². The van der Waals surface area contributed by atoms with Crippen molar-refractivity contribution in [3.8, 4) is 0 Å². The third-order valence-electron chi connectivity index (χ3n) is 4.76. The zero-order chi connectivity index (χ0) is 20.1. The molecule has 1 aliphatic rings. The van der Waals surface area contributed by atoms with Gasteiger partial charge in [-0.3, -0.25) is 9.59 Å². The zero-order valence-corrected chi connectivity index (χ0v) is 17.3. The molecule has 4 nitrogen and oxygen atoms in total. The van der Waals surface area contributed by atoms with Crippen molar-refractivity contribution in [2.45, 2.75) is 52.2 Å². The van der Waals surface area contributed by atoms with Crippen molar-refractivity contribution in [2.24, 2.45) is 5.92 Å². The molecule has 0 unspecified atom stereocenters. The van der Waals surface area contributed by atoms with E-state index < -0.39 is 0 Å². The van der Waals surface area contributed by atoms with Gasteiger partial charge in [0, 0.05) is 23.9 Å². The minimum atomic E-state index is -0.293. The smallest absolute Gasteiger partial charge is 0.242 e. The predicted octanol–water partition coefficient (Wildman–Crippen LogP) is 4.45.